The molecule has 4 aromatic rings. The predicted molar refractivity (Wildman–Crippen MR) is 175 cm³/mol. The Morgan fingerprint density at radius 1 is 1.17 bits per heavy atom. The lowest BCUT2D eigenvalue weighted by molar-refractivity contribution is -0.126. The summed E-state index contributed by atoms with van der Waals surface area (Å²) in [4.78, 5) is 34.1. The van der Waals surface area contributed by atoms with Crippen molar-refractivity contribution in [2.45, 2.75) is 44.6 Å². The maximum atomic E-state index is 17.3. The highest BCUT2D eigenvalue weighted by Gasteiger charge is 2.36. The van der Waals surface area contributed by atoms with Gasteiger partial charge in [0.25, 0.3) is 5.56 Å². The van der Waals surface area contributed by atoms with Crippen LogP contribution in [0.1, 0.15) is 37.9 Å². The molecule has 1 aliphatic rings. The zero-order chi connectivity index (χ0) is 33.8. The summed E-state index contributed by atoms with van der Waals surface area (Å²) in [5.41, 5.74) is -1.45. The number of piperazine rings is 1. The molecule has 9 nitrogen and oxygen atoms in total. The van der Waals surface area contributed by atoms with Crippen LogP contribution in [0.2, 0.25) is 5.02 Å². The lowest BCUT2D eigenvalue weighted by Crippen LogP contribution is -2.54. The maximum absolute atomic E-state index is 17.3. The number of benzene rings is 2. The van der Waals surface area contributed by atoms with Crippen LogP contribution in [0.5, 0.6) is 5.75 Å². The van der Waals surface area contributed by atoms with Gasteiger partial charge in [0.15, 0.2) is 20.5 Å². The lowest BCUT2D eigenvalue weighted by Gasteiger charge is -2.42. The summed E-state index contributed by atoms with van der Waals surface area (Å²) in [7, 11) is -4.30. The van der Waals surface area contributed by atoms with Gasteiger partial charge in [-0.25, -0.2) is 17.2 Å². The van der Waals surface area contributed by atoms with Crippen molar-refractivity contribution in [1.82, 2.24) is 14.5 Å². The number of fused-ring (bicyclic) bond motifs is 1. The van der Waals surface area contributed by atoms with Crippen molar-refractivity contribution < 1.29 is 27.1 Å². The van der Waals surface area contributed by atoms with E-state index < -0.39 is 54.8 Å². The monoisotopic (exact) mass is 670 g/mol. The number of phenolic OH excluding ortho intramolecular Hbond substituents is 1. The van der Waals surface area contributed by atoms with E-state index >= 15 is 8.78 Å². The van der Waals surface area contributed by atoms with Crippen molar-refractivity contribution >= 4 is 43.9 Å². The Bertz CT molecular complexity index is 2080. The largest absolute Gasteiger partial charge is 0.507 e. The van der Waals surface area contributed by atoms with Gasteiger partial charge >= 0.3 is 0 Å². The summed E-state index contributed by atoms with van der Waals surface area (Å²) < 4.78 is 60.6. The first-order valence-electron chi connectivity index (χ1n) is 14.5. The first kappa shape index (κ1) is 33.1. The highest BCUT2D eigenvalue weighted by molar-refractivity contribution is 7.90. The van der Waals surface area contributed by atoms with Crippen LogP contribution in [0.25, 0.3) is 27.7 Å². The van der Waals surface area contributed by atoms with E-state index in [2.05, 4.69) is 11.6 Å². The van der Waals surface area contributed by atoms with Crippen LogP contribution in [0.4, 0.5) is 14.5 Å². The molecule has 0 bridgehead atoms. The van der Waals surface area contributed by atoms with Crippen LogP contribution >= 0.6 is 11.6 Å². The molecule has 1 fully saturated rings. The standard InChI is InChI=1S/C33H33ClF2N4O5S/c1-7-24(42)38-13-14-39(19(5)16-38)31-20-15-21(34)25(26-22(35)9-8-10-23(26)41)27(36)30(20)40(33(43)32(31)46(6,44)45)29-18(4)11-12-37-28(29)17(2)3/h7-12,15,17,19,41H,1,13-14,16H2,2-6H3/t19-/m0/s1. The molecular formula is C33H33ClF2N4O5S. The number of sulfone groups is 1. The van der Waals surface area contributed by atoms with Gasteiger partial charge in [0.05, 0.1) is 33.2 Å². The van der Waals surface area contributed by atoms with Gasteiger partial charge in [0.1, 0.15) is 11.6 Å². The molecule has 0 aliphatic carbocycles. The minimum Gasteiger partial charge on any atom is -0.507 e. The van der Waals surface area contributed by atoms with Gasteiger partial charge in [-0.15, -0.1) is 0 Å². The van der Waals surface area contributed by atoms with Crippen molar-refractivity contribution in [1.29, 1.82) is 0 Å². The normalized spacial score (nSPS) is 15.5. The van der Waals surface area contributed by atoms with Gasteiger partial charge < -0.3 is 14.9 Å². The number of aryl methyl sites for hydroxylation is 1. The third-order valence-electron chi connectivity index (χ3n) is 8.22. The number of halogens is 3. The van der Waals surface area contributed by atoms with Crippen LogP contribution in [-0.4, -0.2) is 65.8 Å². The molecule has 2 aromatic carbocycles. The molecule has 0 radical (unpaired) electrons. The minimum absolute atomic E-state index is 0.0320. The Balaban J connectivity index is 2.03. The quantitative estimate of drug-likeness (QED) is 0.260. The second-order valence-corrected chi connectivity index (χ2v) is 14.1. The molecular weight excluding hydrogens is 638 g/mol. The fraction of sp³-hybridized carbons (Fsp3) is 0.303. The zero-order valence-corrected chi connectivity index (χ0v) is 27.5. The molecule has 1 aliphatic heterocycles. The smallest absolute Gasteiger partial charge is 0.276 e. The molecule has 5 rings (SSSR count). The lowest BCUT2D eigenvalue weighted by atomic mass is 9.98. The first-order valence-corrected chi connectivity index (χ1v) is 16.8. The van der Waals surface area contributed by atoms with Gasteiger partial charge in [-0.3, -0.25) is 19.1 Å². The average molecular weight is 671 g/mol. The van der Waals surface area contributed by atoms with E-state index in [0.717, 1.165) is 16.9 Å². The summed E-state index contributed by atoms with van der Waals surface area (Å²) in [5, 5.41) is 10.3. The molecule has 1 atom stereocenters. The number of hydrogen-bond acceptors (Lipinski definition) is 7. The molecule has 3 heterocycles. The Labute approximate surface area is 270 Å². The SMILES string of the molecule is C=CC(=O)N1CCN(c2c(S(C)(=O)=O)c(=O)n(-c3c(C)ccnc3C(C)C)c3c(F)c(-c4c(O)cccc4F)c(Cl)cc23)[C@@H](C)C1. The van der Waals surface area contributed by atoms with Crippen LogP contribution < -0.4 is 10.5 Å². The molecule has 0 saturated carbocycles. The summed E-state index contributed by atoms with van der Waals surface area (Å²) in [6.07, 6.45) is 3.61. The van der Waals surface area contributed by atoms with E-state index in [1.807, 2.05) is 13.8 Å². The van der Waals surface area contributed by atoms with Crippen LogP contribution in [0.15, 0.2) is 58.9 Å². The molecule has 0 spiro atoms. The summed E-state index contributed by atoms with van der Waals surface area (Å²) >= 11 is 6.69. The number of aromatic hydroxyl groups is 1. The fourth-order valence-corrected chi connectivity index (χ4v) is 7.43. The van der Waals surface area contributed by atoms with Crippen molar-refractivity contribution in [3.05, 3.63) is 87.5 Å². The topological polar surface area (TPSA) is 113 Å². The van der Waals surface area contributed by atoms with Gasteiger partial charge in [-0.2, -0.15) is 0 Å². The fourth-order valence-electron chi connectivity index (χ4n) is 6.16. The molecule has 0 unspecified atom stereocenters. The maximum Gasteiger partial charge on any atom is 0.276 e. The highest BCUT2D eigenvalue weighted by Crippen LogP contribution is 2.45. The first-order chi connectivity index (χ1) is 21.6. The number of anilines is 1. The van der Waals surface area contributed by atoms with E-state index in [4.69, 9.17) is 11.6 Å². The number of rotatable bonds is 6. The summed E-state index contributed by atoms with van der Waals surface area (Å²) in [6.45, 7) is 11.0. The second-order valence-electron chi connectivity index (χ2n) is 11.7. The van der Waals surface area contributed by atoms with Crippen molar-refractivity contribution in [2.75, 3.05) is 30.8 Å². The van der Waals surface area contributed by atoms with E-state index in [-0.39, 0.29) is 58.8 Å². The van der Waals surface area contributed by atoms with Gasteiger partial charge in [0, 0.05) is 49.1 Å². The number of aromatic nitrogens is 2. The Morgan fingerprint density at radius 2 is 1.87 bits per heavy atom. The number of hydrogen-bond donors (Lipinski definition) is 1. The van der Waals surface area contributed by atoms with Crippen LogP contribution in [-0.2, 0) is 14.6 Å². The highest BCUT2D eigenvalue weighted by atomic mass is 35.5. The zero-order valence-electron chi connectivity index (χ0n) is 25.9. The number of nitrogens with zero attached hydrogens (tertiary/aromatic N) is 4. The molecule has 1 saturated heterocycles. The molecule has 2 aromatic heterocycles. The van der Waals surface area contributed by atoms with Gasteiger partial charge in [-0.1, -0.05) is 38.1 Å². The van der Waals surface area contributed by atoms with E-state index in [0.29, 0.717) is 11.3 Å². The number of amides is 1. The predicted octanol–water partition coefficient (Wildman–Crippen LogP) is 5.75. The van der Waals surface area contributed by atoms with Crippen molar-refractivity contribution in [3.8, 4) is 22.6 Å². The Hall–Kier alpha value is -4.29. The third kappa shape index (κ3) is 5.43. The van der Waals surface area contributed by atoms with Crippen molar-refractivity contribution in [2.24, 2.45) is 0 Å². The molecule has 46 heavy (non-hydrogen) atoms. The van der Waals surface area contributed by atoms with Crippen molar-refractivity contribution in [3.63, 3.8) is 0 Å². The summed E-state index contributed by atoms with van der Waals surface area (Å²) in [5.74, 6) is -3.28. The number of carbonyl (C=O) groups excluding carboxylic acids is 1. The third-order valence-corrected chi connectivity index (χ3v) is 9.63. The number of pyridine rings is 2. The van der Waals surface area contributed by atoms with Crippen LogP contribution in [0, 0.1) is 18.6 Å². The molecule has 1 N–H and O–H groups in total. The van der Waals surface area contributed by atoms with E-state index in [1.54, 1.807) is 24.8 Å². The second kappa shape index (κ2) is 12.1. The van der Waals surface area contributed by atoms with Crippen LogP contribution in [0.3, 0.4) is 0 Å². The van der Waals surface area contributed by atoms with E-state index in [9.17, 15) is 23.1 Å². The molecule has 242 valence electrons. The minimum atomic E-state index is -4.30. The molecule has 1 amide bonds. The van der Waals surface area contributed by atoms with Gasteiger partial charge in [0.2, 0.25) is 5.91 Å². The Kier molecular flexibility index (Phi) is 8.73. The Morgan fingerprint density at radius 3 is 2.46 bits per heavy atom. The molecule has 13 heteroatoms. The van der Waals surface area contributed by atoms with E-state index in [1.165, 1.54) is 35.4 Å². The summed E-state index contributed by atoms with van der Waals surface area (Å²) in [6, 6.07) is 5.84. The number of carbonyl (C=O) groups is 1. The average Bonchev–Trinajstić information content (AvgIpc) is 2.97. The van der Waals surface area contributed by atoms with Gasteiger partial charge in [-0.05, 0) is 55.7 Å². The number of phenols is 1.